The number of methoxy groups -OCH3 is 1. The van der Waals surface area contributed by atoms with E-state index in [1.54, 1.807) is 6.20 Å². The molecule has 5 heteroatoms. The van der Waals surface area contributed by atoms with Crippen LogP contribution in [0.5, 0.6) is 0 Å². The summed E-state index contributed by atoms with van der Waals surface area (Å²) in [7, 11) is 1.45. The average Bonchev–Trinajstić information content (AvgIpc) is 2.69. The zero-order chi connectivity index (χ0) is 17.6. The van der Waals surface area contributed by atoms with Gasteiger partial charge in [-0.05, 0) is 43.1 Å². The summed E-state index contributed by atoms with van der Waals surface area (Å²) in [5.41, 5.74) is 3.42. The minimum Gasteiger partial charge on any atom is -0.469 e. The van der Waals surface area contributed by atoms with Gasteiger partial charge in [-0.25, -0.2) is 4.98 Å². The summed E-state index contributed by atoms with van der Waals surface area (Å²) in [6.45, 7) is 0. The quantitative estimate of drug-likeness (QED) is 0.613. The number of aldehydes is 1. The maximum atomic E-state index is 11.4. The van der Waals surface area contributed by atoms with Crippen molar-refractivity contribution in [3.05, 3.63) is 47.9 Å². The largest absolute Gasteiger partial charge is 0.469 e. The predicted octanol–water partition coefficient (Wildman–Crippen LogP) is 3.79. The molecule has 1 saturated carbocycles. The first-order valence-electron chi connectivity index (χ1n) is 8.64. The van der Waals surface area contributed by atoms with Crippen LogP contribution in [-0.4, -0.2) is 29.3 Å². The van der Waals surface area contributed by atoms with Gasteiger partial charge in [0.1, 0.15) is 5.69 Å². The molecule has 0 N–H and O–H groups in total. The van der Waals surface area contributed by atoms with Crippen LogP contribution in [-0.2, 0) is 9.53 Å². The van der Waals surface area contributed by atoms with E-state index in [2.05, 4.69) is 34.2 Å². The van der Waals surface area contributed by atoms with Crippen molar-refractivity contribution in [2.45, 2.75) is 38.0 Å². The van der Waals surface area contributed by atoms with Gasteiger partial charge in [0, 0.05) is 12.0 Å². The Hall–Kier alpha value is -2.56. The molecule has 5 nitrogen and oxygen atoms in total. The molecule has 1 aliphatic rings. The van der Waals surface area contributed by atoms with Crippen LogP contribution in [0.15, 0.2) is 36.7 Å². The lowest BCUT2D eigenvalue weighted by Crippen LogP contribution is -2.17. The molecule has 130 valence electrons. The van der Waals surface area contributed by atoms with Crippen molar-refractivity contribution in [2.24, 2.45) is 5.92 Å². The van der Waals surface area contributed by atoms with Gasteiger partial charge in [-0.1, -0.05) is 24.3 Å². The van der Waals surface area contributed by atoms with E-state index in [1.165, 1.54) is 18.9 Å². The Labute approximate surface area is 147 Å². The molecular weight excluding hydrogens is 316 g/mol. The van der Waals surface area contributed by atoms with Gasteiger partial charge in [-0.15, -0.1) is 0 Å². The van der Waals surface area contributed by atoms with Gasteiger partial charge in [0.25, 0.3) is 0 Å². The van der Waals surface area contributed by atoms with Gasteiger partial charge in [0.15, 0.2) is 6.29 Å². The lowest BCUT2D eigenvalue weighted by molar-refractivity contribution is -0.142. The van der Waals surface area contributed by atoms with E-state index in [0.29, 0.717) is 30.2 Å². The summed E-state index contributed by atoms with van der Waals surface area (Å²) in [4.78, 5) is 30.4. The standard InChI is InChI=1S/C20H22N2O3/c1-25-20(24)10-14-2-4-15(5-3-14)16-6-8-17(9-7-16)19-12-21-18(13-23)11-22-19/h6-9,11-15H,2-5,10H2,1H3. The molecule has 1 aliphatic carbocycles. The molecule has 1 fully saturated rings. The molecular formula is C20H22N2O3. The fraction of sp³-hybridized carbons (Fsp3) is 0.400. The Balaban J connectivity index is 1.61. The normalized spacial score (nSPS) is 20.0. The van der Waals surface area contributed by atoms with Gasteiger partial charge >= 0.3 is 5.97 Å². The van der Waals surface area contributed by atoms with Gasteiger partial charge < -0.3 is 4.74 Å². The Kier molecular flexibility index (Phi) is 5.53. The van der Waals surface area contributed by atoms with E-state index in [0.717, 1.165) is 36.9 Å². The van der Waals surface area contributed by atoms with Crippen LogP contribution in [0.1, 0.15) is 54.1 Å². The van der Waals surface area contributed by atoms with Crippen LogP contribution in [0.2, 0.25) is 0 Å². The van der Waals surface area contributed by atoms with Gasteiger partial charge in [-0.3, -0.25) is 14.6 Å². The number of esters is 1. The summed E-state index contributed by atoms with van der Waals surface area (Å²) in [5, 5.41) is 0. The number of hydrogen-bond acceptors (Lipinski definition) is 5. The zero-order valence-electron chi connectivity index (χ0n) is 14.4. The number of carbonyl (C=O) groups excluding carboxylic acids is 2. The fourth-order valence-corrected chi connectivity index (χ4v) is 3.49. The smallest absolute Gasteiger partial charge is 0.305 e. The molecule has 0 bridgehead atoms. The van der Waals surface area contributed by atoms with Gasteiger partial charge in [0.2, 0.25) is 0 Å². The molecule has 1 heterocycles. The molecule has 2 aromatic rings. The second-order valence-electron chi connectivity index (χ2n) is 6.56. The average molecular weight is 338 g/mol. The highest BCUT2D eigenvalue weighted by Gasteiger charge is 2.24. The Morgan fingerprint density at radius 2 is 1.84 bits per heavy atom. The second kappa shape index (κ2) is 8.01. The van der Waals surface area contributed by atoms with E-state index in [9.17, 15) is 9.59 Å². The molecule has 0 atom stereocenters. The molecule has 0 radical (unpaired) electrons. The van der Waals surface area contributed by atoms with Gasteiger partial charge in [-0.2, -0.15) is 0 Å². The molecule has 1 aromatic carbocycles. The molecule has 0 unspecified atom stereocenters. The first-order chi connectivity index (χ1) is 12.2. The highest BCUT2D eigenvalue weighted by atomic mass is 16.5. The topological polar surface area (TPSA) is 69.2 Å². The molecule has 0 saturated heterocycles. The van der Waals surface area contributed by atoms with Crippen molar-refractivity contribution in [2.75, 3.05) is 7.11 Å². The van der Waals surface area contributed by atoms with Crippen molar-refractivity contribution in [1.29, 1.82) is 0 Å². The Bertz CT molecular complexity index is 718. The van der Waals surface area contributed by atoms with Crippen LogP contribution in [0.3, 0.4) is 0 Å². The molecule has 0 aliphatic heterocycles. The van der Waals surface area contributed by atoms with E-state index >= 15 is 0 Å². The fourth-order valence-electron chi connectivity index (χ4n) is 3.49. The van der Waals surface area contributed by atoms with Crippen LogP contribution < -0.4 is 0 Å². The second-order valence-corrected chi connectivity index (χ2v) is 6.56. The van der Waals surface area contributed by atoms with Gasteiger partial charge in [0.05, 0.1) is 25.2 Å². The Morgan fingerprint density at radius 1 is 1.12 bits per heavy atom. The van der Waals surface area contributed by atoms with Crippen LogP contribution >= 0.6 is 0 Å². The summed E-state index contributed by atoms with van der Waals surface area (Å²) in [6.07, 6.45) is 8.69. The Morgan fingerprint density at radius 3 is 2.40 bits per heavy atom. The van der Waals surface area contributed by atoms with Crippen molar-refractivity contribution in [1.82, 2.24) is 9.97 Å². The third-order valence-corrected chi connectivity index (χ3v) is 5.00. The zero-order valence-corrected chi connectivity index (χ0v) is 14.4. The van der Waals surface area contributed by atoms with Crippen molar-refractivity contribution < 1.29 is 14.3 Å². The summed E-state index contributed by atoms with van der Waals surface area (Å²) in [5.74, 6) is 0.899. The highest BCUT2D eigenvalue weighted by molar-refractivity contribution is 5.71. The first-order valence-corrected chi connectivity index (χ1v) is 8.64. The number of ether oxygens (including phenoxy) is 1. The van der Waals surface area contributed by atoms with E-state index in [4.69, 9.17) is 4.74 Å². The SMILES string of the molecule is COC(=O)CC1CCC(c2ccc(-c3cnc(C=O)cn3)cc2)CC1. The molecule has 0 spiro atoms. The third-order valence-electron chi connectivity index (χ3n) is 5.00. The van der Waals surface area contributed by atoms with E-state index in [-0.39, 0.29) is 5.97 Å². The summed E-state index contributed by atoms with van der Waals surface area (Å²) in [6, 6.07) is 8.41. The molecule has 0 amide bonds. The number of carbonyl (C=O) groups is 2. The summed E-state index contributed by atoms with van der Waals surface area (Å²) < 4.78 is 4.76. The number of benzene rings is 1. The van der Waals surface area contributed by atoms with Crippen LogP contribution in [0.25, 0.3) is 11.3 Å². The lowest BCUT2D eigenvalue weighted by Gasteiger charge is -2.28. The molecule has 3 rings (SSSR count). The maximum Gasteiger partial charge on any atom is 0.305 e. The minimum atomic E-state index is -0.102. The van der Waals surface area contributed by atoms with E-state index in [1.807, 2.05) is 0 Å². The monoisotopic (exact) mass is 338 g/mol. The highest BCUT2D eigenvalue weighted by Crippen LogP contribution is 2.37. The van der Waals surface area contributed by atoms with Crippen molar-refractivity contribution >= 4 is 12.3 Å². The lowest BCUT2D eigenvalue weighted by atomic mass is 9.77. The molecule has 25 heavy (non-hydrogen) atoms. The van der Waals surface area contributed by atoms with Crippen LogP contribution in [0.4, 0.5) is 0 Å². The van der Waals surface area contributed by atoms with Crippen molar-refractivity contribution in [3.63, 3.8) is 0 Å². The third kappa shape index (κ3) is 4.29. The number of rotatable bonds is 5. The van der Waals surface area contributed by atoms with E-state index < -0.39 is 0 Å². The number of aromatic nitrogens is 2. The van der Waals surface area contributed by atoms with Crippen molar-refractivity contribution in [3.8, 4) is 11.3 Å². The minimum absolute atomic E-state index is 0.102. The number of hydrogen-bond donors (Lipinski definition) is 0. The van der Waals surface area contributed by atoms with Crippen LogP contribution in [0, 0.1) is 5.92 Å². The summed E-state index contributed by atoms with van der Waals surface area (Å²) >= 11 is 0. The predicted molar refractivity (Wildman–Crippen MR) is 94.2 cm³/mol. The molecule has 1 aromatic heterocycles. The number of nitrogens with zero attached hydrogens (tertiary/aromatic N) is 2. The maximum absolute atomic E-state index is 11.4. The first kappa shape index (κ1) is 17.3.